The van der Waals surface area contributed by atoms with Crippen LogP contribution in [-0.4, -0.2) is 19.3 Å². The van der Waals surface area contributed by atoms with Gasteiger partial charge in [-0.1, -0.05) is 128 Å². The van der Waals surface area contributed by atoms with E-state index in [4.69, 9.17) is 9.47 Å². The lowest BCUT2D eigenvalue weighted by molar-refractivity contribution is -0.0877. The van der Waals surface area contributed by atoms with Gasteiger partial charge in [-0.15, -0.1) is 0 Å². The number of benzene rings is 1. The minimum absolute atomic E-state index is 0.118. The minimum Gasteiger partial charge on any atom is -0.376 e. The maximum Gasteiger partial charge on any atom is 0.0908 e. The Morgan fingerprint density at radius 3 is 1.69 bits per heavy atom. The maximum atomic E-state index is 6.01. The first-order chi connectivity index (χ1) is 14.3. The van der Waals surface area contributed by atoms with Crippen LogP contribution in [0, 0.1) is 0 Å². The van der Waals surface area contributed by atoms with Gasteiger partial charge >= 0.3 is 0 Å². The van der Waals surface area contributed by atoms with Crippen molar-refractivity contribution in [3.05, 3.63) is 35.9 Å². The molecule has 1 atom stereocenters. The van der Waals surface area contributed by atoms with E-state index in [9.17, 15) is 0 Å². The van der Waals surface area contributed by atoms with Gasteiger partial charge in [0, 0.05) is 7.11 Å². The molecule has 0 fully saturated rings. The second-order valence-electron chi connectivity index (χ2n) is 8.71. The molecule has 0 bridgehead atoms. The van der Waals surface area contributed by atoms with Crippen molar-refractivity contribution in [2.45, 2.75) is 122 Å². The topological polar surface area (TPSA) is 18.5 Å². The molecule has 1 rings (SSSR count). The zero-order valence-electron chi connectivity index (χ0n) is 19.7. The third-order valence-corrected chi connectivity index (χ3v) is 6.29. The highest BCUT2D eigenvalue weighted by Crippen LogP contribution is 2.25. The number of rotatable bonds is 20. The summed E-state index contributed by atoms with van der Waals surface area (Å²) in [5.41, 5.74) is 1.11. The predicted octanol–water partition coefficient (Wildman–Crippen LogP) is 8.48. The summed E-state index contributed by atoms with van der Waals surface area (Å²) in [6, 6.07) is 10.4. The van der Waals surface area contributed by atoms with E-state index in [1.54, 1.807) is 0 Å². The van der Waals surface area contributed by atoms with Crippen molar-refractivity contribution in [2.75, 3.05) is 13.7 Å². The fourth-order valence-corrected chi connectivity index (χ4v) is 4.05. The molecule has 0 radical (unpaired) electrons. The van der Waals surface area contributed by atoms with Gasteiger partial charge in [0.1, 0.15) is 0 Å². The number of methoxy groups -OCH3 is 1. The van der Waals surface area contributed by atoms with E-state index < -0.39 is 0 Å². The van der Waals surface area contributed by atoms with Gasteiger partial charge < -0.3 is 9.47 Å². The Kier molecular flexibility index (Phi) is 16.2. The SMILES string of the molecule is CCCCCCCCCCCCCCCC(CC)(COCc1ccccc1)OC. The summed E-state index contributed by atoms with van der Waals surface area (Å²) in [6.07, 6.45) is 20.3. The zero-order chi connectivity index (χ0) is 21.0. The second kappa shape index (κ2) is 18.0. The summed E-state index contributed by atoms with van der Waals surface area (Å²) >= 11 is 0. The number of unbranched alkanes of at least 4 members (excludes halogenated alkanes) is 12. The summed E-state index contributed by atoms with van der Waals surface area (Å²) in [5, 5.41) is 0. The largest absolute Gasteiger partial charge is 0.376 e. The van der Waals surface area contributed by atoms with E-state index in [1.807, 2.05) is 13.2 Å². The van der Waals surface area contributed by atoms with Gasteiger partial charge in [0.15, 0.2) is 0 Å². The Labute approximate surface area is 181 Å². The van der Waals surface area contributed by atoms with Crippen molar-refractivity contribution in [3.63, 3.8) is 0 Å². The van der Waals surface area contributed by atoms with Crippen LogP contribution >= 0.6 is 0 Å². The van der Waals surface area contributed by atoms with E-state index >= 15 is 0 Å². The van der Waals surface area contributed by atoms with Crippen LogP contribution in [0.25, 0.3) is 0 Å². The number of hydrogen-bond donors (Lipinski definition) is 0. The fraction of sp³-hybridized carbons (Fsp3) is 0.778. The quantitative estimate of drug-likeness (QED) is 0.203. The third-order valence-electron chi connectivity index (χ3n) is 6.29. The molecule has 0 amide bonds. The average Bonchev–Trinajstić information content (AvgIpc) is 2.76. The molecule has 0 N–H and O–H groups in total. The molecular weight excluding hydrogens is 356 g/mol. The maximum absolute atomic E-state index is 6.01. The molecule has 168 valence electrons. The monoisotopic (exact) mass is 404 g/mol. The molecule has 2 nitrogen and oxygen atoms in total. The van der Waals surface area contributed by atoms with E-state index in [1.165, 1.54) is 89.0 Å². The summed E-state index contributed by atoms with van der Waals surface area (Å²) in [6.45, 7) is 5.87. The Morgan fingerprint density at radius 2 is 1.21 bits per heavy atom. The lowest BCUT2D eigenvalue weighted by Gasteiger charge is -2.31. The molecule has 0 saturated heterocycles. The van der Waals surface area contributed by atoms with Crippen molar-refractivity contribution in [2.24, 2.45) is 0 Å². The highest BCUT2D eigenvalue weighted by atomic mass is 16.5. The van der Waals surface area contributed by atoms with Crippen molar-refractivity contribution >= 4 is 0 Å². The van der Waals surface area contributed by atoms with Crippen LogP contribution in [0.4, 0.5) is 0 Å². The number of ether oxygens (including phenoxy) is 2. The van der Waals surface area contributed by atoms with E-state index in [-0.39, 0.29) is 5.60 Å². The molecule has 1 aromatic carbocycles. The standard InChI is InChI=1S/C27H48O2/c1-4-6-7-8-9-10-11-12-13-14-15-16-20-23-27(5-2,28-3)25-29-24-26-21-18-17-19-22-26/h17-19,21-22H,4-16,20,23-25H2,1-3H3. The molecule has 0 saturated carbocycles. The third kappa shape index (κ3) is 13.1. The molecule has 0 aliphatic rings. The van der Waals surface area contributed by atoms with Crippen LogP contribution in [0.15, 0.2) is 30.3 Å². The van der Waals surface area contributed by atoms with E-state index in [2.05, 4.69) is 38.1 Å². The molecule has 0 aliphatic carbocycles. The van der Waals surface area contributed by atoms with Crippen molar-refractivity contribution in [3.8, 4) is 0 Å². The Balaban J connectivity index is 2.03. The van der Waals surface area contributed by atoms with Crippen LogP contribution in [0.3, 0.4) is 0 Å². The molecule has 0 aliphatic heterocycles. The van der Waals surface area contributed by atoms with Crippen molar-refractivity contribution < 1.29 is 9.47 Å². The Bertz CT molecular complexity index is 453. The van der Waals surface area contributed by atoms with Gasteiger partial charge in [-0.2, -0.15) is 0 Å². The van der Waals surface area contributed by atoms with Crippen LogP contribution in [0.2, 0.25) is 0 Å². The van der Waals surface area contributed by atoms with Gasteiger partial charge in [-0.25, -0.2) is 0 Å². The van der Waals surface area contributed by atoms with Gasteiger partial charge in [-0.3, -0.25) is 0 Å². The molecule has 2 heteroatoms. The second-order valence-corrected chi connectivity index (χ2v) is 8.71. The smallest absolute Gasteiger partial charge is 0.0908 e. The zero-order valence-corrected chi connectivity index (χ0v) is 19.7. The molecule has 29 heavy (non-hydrogen) atoms. The molecule has 1 aromatic rings. The van der Waals surface area contributed by atoms with Gasteiger partial charge in [-0.05, 0) is 18.4 Å². The Morgan fingerprint density at radius 1 is 0.690 bits per heavy atom. The van der Waals surface area contributed by atoms with Gasteiger partial charge in [0.05, 0.1) is 18.8 Å². The lowest BCUT2D eigenvalue weighted by atomic mass is 9.93. The highest BCUT2D eigenvalue weighted by Gasteiger charge is 2.27. The van der Waals surface area contributed by atoms with Crippen LogP contribution in [0.1, 0.15) is 116 Å². The highest BCUT2D eigenvalue weighted by molar-refractivity contribution is 5.13. The average molecular weight is 405 g/mol. The van der Waals surface area contributed by atoms with Gasteiger partial charge in [0.25, 0.3) is 0 Å². The predicted molar refractivity (Wildman–Crippen MR) is 126 cm³/mol. The molecule has 1 unspecified atom stereocenters. The molecule has 0 aromatic heterocycles. The fourth-order valence-electron chi connectivity index (χ4n) is 4.05. The lowest BCUT2D eigenvalue weighted by Crippen LogP contribution is -2.36. The van der Waals surface area contributed by atoms with Crippen LogP contribution in [0.5, 0.6) is 0 Å². The van der Waals surface area contributed by atoms with Gasteiger partial charge in [0.2, 0.25) is 0 Å². The molecular formula is C27H48O2. The van der Waals surface area contributed by atoms with Crippen LogP contribution < -0.4 is 0 Å². The molecule has 0 heterocycles. The van der Waals surface area contributed by atoms with Crippen molar-refractivity contribution in [1.82, 2.24) is 0 Å². The van der Waals surface area contributed by atoms with Crippen LogP contribution in [-0.2, 0) is 16.1 Å². The minimum atomic E-state index is -0.118. The molecule has 0 spiro atoms. The Hall–Kier alpha value is -0.860. The summed E-state index contributed by atoms with van der Waals surface area (Å²) in [5.74, 6) is 0. The number of hydrogen-bond acceptors (Lipinski definition) is 2. The van der Waals surface area contributed by atoms with E-state index in [0.29, 0.717) is 13.2 Å². The van der Waals surface area contributed by atoms with E-state index in [0.717, 1.165) is 12.8 Å². The first-order valence-electron chi connectivity index (χ1n) is 12.4. The summed E-state index contributed by atoms with van der Waals surface area (Å²) < 4.78 is 11.9. The van der Waals surface area contributed by atoms with Crippen molar-refractivity contribution in [1.29, 1.82) is 0 Å². The first-order valence-corrected chi connectivity index (χ1v) is 12.4. The first kappa shape index (κ1) is 26.2. The summed E-state index contributed by atoms with van der Waals surface area (Å²) in [7, 11) is 1.84. The summed E-state index contributed by atoms with van der Waals surface area (Å²) in [4.78, 5) is 0. The normalized spacial score (nSPS) is 13.5.